The molecule has 1 aliphatic rings. The molecule has 2 aromatic rings. The third kappa shape index (κ3) is 1.77. The molecule has 0 radical (unpaired) electrons. The number of aliphatic carboxylic acids is 1. The largest absolute Gasteiger partial charge is 0.480 e. The second-order valence-electron chi connectivity index (χ2n) is 4.42. The van der Waals surface area contributed by atoms with Crippen LogP contribution in [-0.2, 0) is 14.6 Å². The van der Waals surface area contributed by atoms with Crippen molar-refractivity contribution in [3.05, 3.63) is 48.5 Å². The van der Waals surface area contributed by atoms with Crippen LogP contribution >= 0.6 is 0 Å². The van der Waals surface area contributed by atoms with Gasteiger partial charge < -0.3 is 10.0 Å². The van der Waals surface area contributed by atoms with Crippen LogP contribution in [-0.4, -0.2) is 26.0 Å². The molecule has 3 rings (SSSR count). The molecule has 20 heavy (non-hydrogen) atoms. The fourth-order valence-electron chi connectivity index (χ4n) is 2.37. The first-order chi connectivity index (χ1) is 9.51. The monoisotopic (exact) mass is 289 g/mol. The van der Waals surface area contributed by atoms with Crippen LogP contribution in [0, 0.1) is 0 Å². The minimum atomic E-state index is -3.60. The molecule has 1 aliphatic heterocycles. The van der Waals surface area contributed by atoms with E-state index in [-0.39, 0.29) is 16.3 Å². The lowest BCUT2D eigenvalue weighted by Crippen LogP contribution is -2.30. The molecule has 0 amide bonds. The average Bonchev–Trinajstić information content (AvgIpc) is 2.44. The molecule has 0 fully saturated rings. The summed E-state index contributed by atoms with van der Waals surface area (Å²) in [6.07, 6.45) is 0. The van der Waals surface area contributed by atoms with Crippen molar-refractivity contribution in [2.75, 3.05) is 11.4 Å². The molecule has 0 atom stereocenters. The lowest BCUT2D eigenvalue weighted by Gasteiger charge is -2.31. The van der Waals surface area contributed by atoms with E-state index in [4.69, 9.17) is 5.11 Å². The van der Waals surface area contributed by atoms with Gasteiger partial charge in [-0.2, -0.15) is 0 Å². The van der Waals surface area contributed by atoms with E-state index in [2.05, 4.69) is 0 Å². The first-order valence-corrected chi connectivity index (χ1v) is 7.42. The molecule has 0 bridgehead atoms. The zero-order valence-corrected chi connectivity index (χ0v) is 11.2. The van der Waals surface area contributed by atoms with Crippen LogP contribution in [0.5, 0.6) is 0 Å². The maximum absolute atomic E-state index is 12.6. The minimum absolute atomic E-state index is 0.139. The summed E-state index contributed by atoms with van der Waals surface area (Å²) in [5.41, 5.74) is 0.794. The van der Waals surface area contributed by atoms with Crippen LogP contribution in [0.4, 0.5) is 11.4 Å². The van der Waals surface area contributed by atoms with Gasteiger partial charge in [0.25, 0.3) is 0 Å². The summed E-state index contributed by atoms with van der Waals surface area (Å²) in [7, 11) is -3.60. The van der Waals surface area contributed by atoms with E-state index in [9.17, 15) is 13.2 Å². The molecule has 1 heterocycles. The number of anilines is 2. The van der Waals surface area contributed by atoms with E-state index < -0.39 is 15.8 Å². The molecular formula is C14H11NO4S. The predicted octanol–water partition coefficient (Wildman–Crippen LogP) is 2.06. The topological polar surface area (TPSA) is 74.7 Å². The first kappa shape index (κ1) is 12.7. The zero-order chi connectivity index (χ0) is 14.3. The van der Waals surface area contributed by atoms with Gasteiger partial charge in [0.2, 0.25) is 9.84 Å². The van der Waals surface area contributed by atoms with Gasteiger partial charge in [-0.05, 0) is 24.3 Å². The predicted molar refractivity (Wildman–Crippen MR) is 73.0 cm³/mol. The summed E-state index contributed by atoms with van der Waals surface area (Å²) in [6.45, 7) is -0.288. The Balaban J connectivity index is 2.33. The highest BCUT2D eigenvalue weighted by molar-refractivity contribution is 7.92. The molecule has 6 heteroatoms. The number of para-hydroxylation sites is 2. The second kappa shape index (κ2) is 4.35. The average molecular weight is 289 g/mol. The van der Waals surface area contributed by atoms with Crippen molar-refractivity contribution in [2.45, 2.75) is 9.79 Å². The third-order valence-corrected chi connectivity index (χ3v) is 5.03. The number of fused-ring (bicyclic) bond motifs is 2. The van der Waals surface area contributed by atoms with E-state index in [0.717, 1.165) is 0 Å². The molecule has 2 aromatic carbocycles. The van der Waals surface area contributed by atoms with Gasteiger partial charge >= 0.3 is 5.97 Å². The molecular weight excluding hydrogens is 278 g/mol. The lowest BCUT2D eigenvalue weighted by molar-refractivity contribution is -0.135. The number of hydrogen-bond acceptors (Lipinski definition) is 4. The summed E-state index contributed by atoms with van der Waals surface area (Å²) in [5.74, 6) is -1.02. The number of hydrogen-bond donors (Lipinski definition) is 1. The van der Waals surface area contributed by atoms with Crippen molar-refractivity contribution in [1.82, 2.24) is 0 Å². The number of benzene rings is 2. The number of rotatable bonds is 2. The summed E-state index contributed by atoms with van der Waals surface area (Å²) in [5, 5.41) is 9.06. The van der Waals surface area contributed by atoms with E-state index >= 15 is 0 Å². The Morgan fingerprint density at radius 3 is 1.85 bits per heavy atom. The highest BCUT2D eigenvalue weighted by atomic mass is 32.2. The van der Waals surface area contributed by atoms with E-state index in [1.165, 1.54) is 17.0 Å². The quantitative estimate of drug-likeness (QED) is 0.916. The van der Waals surface area contributed by atoms with Gasteiger partial charge in [-0.15, -0.1) is 0 Å². The van der Waals surface area contributed by atoms with Gasteiger partial charge in [0.05, 0.1) is 21.2 Å². The van der Waals surface area contributed by atoms with E-state index in [1.54, 1.807) is 36.4 Å². The molecule has 0 saturated carbocycles. The number of carboxylic acids is 1. The molecule has 102 valence electrons. The third-order valence-electron chi connectivity index (χ3n) is 3.18. The first-order valence-electron chi connectivity index (χ1n) is 5.94. The van der Waals surface area contributed by atoms with E-state index in [1.807, 2.05) is 0 Å². The number of sulfone groups is 1. The summed E-state index contributed by atoms with van der Waals surface area (Å²) < 4.78 is 25.1. The van der Waals surface area contributed by atoms with Crippen molar-refractivity contribution < 1.29 is 18.3 Å². The van der Waals surface area contributed by atoms with Crippen LogP contribution < -0.4 is 4.90 Å². The van der Waals surface area contributed by atoms with Crippen molar-refractivity contribution in [2.24, 2.45) is 0 Å². The van der Waals surface area contributed by atoms with E-state index in [0.29, 0.717) is 11.4 Å². The van der Waals surface area contributed by atoms with Gasteiger partial charge in [-0.25, -0.2) is 8.42 Å². The molecule has 0 spiro atoms. The molecule has 0 saturated heterocycles. The van der Waals surface area contributed by atoms with Crippen molar-refractivity contribution >= 4 is 27.2 Å². The molecule has 0 unspecified atom stereocenters. The van der Waals surface area contributed by atoms with Crippen molar-refractivity contribution in [3.8, 4) is 0 Å². The SMILES string of the molecule is O=C(O)CN1c2ccccc2S(=O)(=O)c2ccccc21. The van der Waals surface area contributed by atoms with Gasteiger partial charge in [-0.3, -0.25) is 4.79 Å². The summed E-state index contributed by atoms with van der Waals surface area (Å²) in [4.78, 5) is 12.8. The Kier molecular flexibility index (Phi) is 2.76. The normalized spacial score (nSPS) is 15.3. The van der Waals surface area contributed by atoms with Gasteiger partial charge in [0.1, 0.15) is 6.54 Å². The fourth-order valence-corrected chi connectivity index (χ4v) is 4.03. The Bertz CT molecular complexity index is 745. The fraction of sp³-hybridized carbons (Fsp3) is 0.0714. The van der Waals surface area contributed by atoms with Gasteiger partial charge in [0, 0.05) is 0 Å². The zero-order valence-electron chi connectivity index (χ0n) is 10.4. The second-order valence-corrected chi connectivity index (χ2v) is 6.31. The Hall–Kier alpha value is -2.34. The van der Waals surface area contributed by atoms with Crippen molar-refractivity contribution in [1.29, 1.82) is 0 Å². The number of carbonyl (C=O) groups is 1. The molecule has 0 aromatic heterocycles. The highest BCUT2D eigenvalue weighted by Gasteiger charge is 2.34. The maximum Gasteiger partial charge on any atom is 0.323 e. The standard InChI is InChI=1S/C14H11NO4S/c16-14(17)9-15-10-5-1-3-7-12(10)20(18,19)13-8-4-2-6-11(13)15/h1-8H,9H2,(H,16,17). The summed E-state index contributed by atoms with van der Waals surface area (Å²) >= 11 is 0. The molecule has 5 nitrogen and oxygen atoms in total. The highest BCUT2D eigenvalue weighted by Crippen LogP contribution is 2.43. The van der Waals surface area contributed by atoms with Crippen molar-refractivity contribution in [3.63, 3.8) is 0 Å². The van der Waals surface area contributed by atoms with Gasteiger partial charge in [0.15, 0.2) is 0 Å². The number of nitrogens with zero attached hydrogens (tertiary/aromatic N) is 1. The smallest absolute Gasteiger partial charge is 0.323 e. The van der Waals surface area contributed by atoms with Gasteiger partial charge in [-0.1, -0.05) is 24.3 Å². The van der Waals surface area contributed by atoms with Crippen LogP contribution in [0.25, 0.3) is 0 Å². The summed E-state index contributed by atoms with van der Waals surface area (Å²) in [6, 6.07) is 12.9. The van der Waals surface area contributed by atoms with Crippen LogP contribution in [0.1, 0.15) is 0 Å². The van der Waals surface area contributed by atoms with Crippen LogP contribution in [0.3, 0.4) is 0 Å². The Morgan fingerprint density at radius 2 is 1.40 bits per heavy atom. The Morgan fingerprint density at radius 1 is 0.950 bits per heavy atom. The number of carboxylic acid groups (broad SMARTS) is 1. The van der Waals surface area contributed by atoms with Crippen LogP contribution in [0.2, 0.25) is 0 Å². The minimum Gasteiger partial charge on any atom is -0.480 e. The van der Waals surface area contributed by atoms with Crippen LogP contribution in [0.15, 0.2) is 58.3 Å². The molecule has 0 aliphatic carbocycles. The maximum atomic E-state index is 12.6. The lowest BCUT2D eigenvalue weighted by atomic mass is 10.2. The molecule has 1 N–H and O–H groups in total. The Labute approximate surface area is 116 Å².